The Labute approximate surface area is 118 Å². The first kappa shape index (κ1) is 14.5. The van der Waals surface area contributed by atoms with Crippen LogP contribution in [0, 0.1) is 5.82 Å². The highest BCUT2D eigenvalue weighted by Crippen LogP contribution is 2.26. The molecule has 0 amide bonds. The Kier molecular flexibility index (Phi) is 4.35. The molecule has 0 radical (unpaired) electrons. The molecule has 0 aliphatic rings. The standard InChI is InChI=1S/C16H19FN2O/c1-11(14-6-4-5-7-15(14)17)19(3)16-10-13(12(2)20)8-9-18-16/h4-12,20H,1-3H3. The molecule has 2 unspecified atom stereocenters. The number of aliphatic hydroxyl groups is 1. The Morgan fingerprint density at radius 1 is 1.20 bits per heavy atom. The van der Waals surface area contributed by atoms with Crippen LogP contribution in [0.25, 0.3) is 0 Å². The highest BCUT2D eigenvalue weighted by molar-refractivity contribution is 5.43. The Morgan fingerprint density at radius 2 is 1.90 bits per heavy atom. The van der Waals surface area contributed by atoms with Crippen molar-refractivity contribution >= 4 is 5.82 Å². The van der Waals surface area contributed by atoms with Gasteiger partial charge in [-0.15, -0.1) is 0 Å². The molecule has 0 spiro atoms. The molecule has 3 nitrogen and oxygen atoms in total. The van der Waals surface area contributed by atoms with Gasteiger partial charge in [0.25, 0.3) is 0 Å². The average Bonchev–Trinajstić information content (AvgIpc) is 2.46. The number of anilines is 1. The second-order valence-corrected chi connectivity index (χ2v) is 4.93. The topological polar surface area (TPSA) is 36.4 Å². The van der Waals surface area contributed by atoms with Gasteiger partial charge in [-0.3, -0.25) is 0 Å². The van der Waals surface area contributed by atoms with Gasteiger partial charge in [-0.05, 0) is 37.6 Å². The molecule has 2 rings (SSSR count). The zero-order valence-electron chi connectivity index (χ0n) is 11.9. The van der Waals surface area contributed by atoms with Gasteiger partial charge in [0.15, 0.2) is 0 Å². The number of rotatable bonds is 4. The fourth-order valence-electron chi connectivity index (χ4n) is 2.11. The summed E-state index contributed by atoms with van der Waals surface area (Å²) in [6.45, 7) is 3.63. The number of halogens is 1. The van der Waals surface area contributed by atoms with Crippen LogP contribution in [-0.4, -0.2) is 17.1 Å². The molecule has 0 aliphatic heterocycles. The molecule has 106 valence electrons. The van der Waals surface area contributed by atoms with Crippen LogP contribution in [-0.2, 0) is 0 Å². The summed E-state index contributed by atoms with van der Waals surface area (Å²) >= 11 is 0. The summed E-state index contributed by atoms with van der Waals surface area (Å²) in [5.41, 5.74) is 1.42. The summed E-state index contributed by atoms with van der Waals surface area (Å²) < 4.78 is 13.8. The first-order chi connectivity index (χ1) is 9.50. The van der Waals surface area contributed by atoms with Crippen LogP contribution >= 0.6 is 0 Å². The molecule has 4 heteroatoms. The monoisotopic (exact) mass is 274 g/mol. The highest BCUT2D eigenvalue weighted by atomic mass is 19.1. The third kappa shape index (κ3) is 2.96. The number of nitrogens with zero attached hydrogens (tertiary/aromatic N) is 2. The molecule has 1 aromatic carbocycles. The maximum absolute atomic E-state index is 13.8. The van der Waals surface area contributed by atoms with Gasteiger partial charge in [0.2, 0.25) is 0 Å². The summed E-state index contributed by atoms with van der Waals surface area (Å²) in [5, 5.41) is 9.62. The van der Waals surface area contributed by atoms with E-state index in [2.05, 4.69) is 4.98 Å². The molecule has 0 bridgehead atoms. The zero-order chi connectivity index (χ0) is 14.7. The molecule has 1 N–H and O–H groups in total. The van der Waals surface area contributed by atoms with Gasteiger partial charge in [0.05, 0.1) is 12.1 Å². The molecule has 0 saturated carbocycles. The van der Waals surface area contributed by atoms with Gasteiger partial charge in [-0.2, -0.15) is 0 Å². The average molecular weight is 274 g/mol. The summed E-state index contributed by atoms with van der Waals surface area (Å²) in [6.07, 6.45) is 1.11. The third-order valence-corrected chi connectivity index (χ3v) is 3.55. The SMILES string of the molecule is CC(O)c1ccnc(N(C)C(C)c2ccccc2F)c1. The lowest BCUT2D eigenvalue weighted by Gasteiger charge is -2.27. The fraction of sp³-hybridized carbons (Fsp3) is 0.312. The van der Waals surface area contributed by atoms with Crippen molar-refractivity contribution < 1.29 is 9.50 Å². The van der Waals surface area contributed by atoms with E-state index in [-0.39, 0.29) is 11.9 Å². The molecular weight excluding hydrogens is 255 g/mol. The lowest BCUT2D eigenvalue weighted by atomic mass is 10.1. The van der Waals surface area contributed by atoms with E-state index < -0.39 is 6.10 Å². The molecule has 0 fully saturated rings. The van der Waals surface area contributed by atoms with Crippen molar-refractivity contribution in [2.24, 2.45) is 0 Å². The van der Waals surface area contributed by atoms with Crippen LogP contribution in [0.1, 0.15) is 37.1 Å². The van der Waals surface area contributed by atoms with Crippen molar-refractivity contribution in [1.82, 2.24) is 4.98 Å². The van der Waals surface area contributed by atoms with Crippen molar-refractivity contribution in [3.05, 3.63) is 59.5 Å². The Hall–Kier alpha value is -1.94. The highest BCUT2D eigenvalue weighted by Gasteiger charge is 2.17. The van der Waals surface area contributed by atoms with Gasteiger partial charge < -0.3 is 10.0 Å². The van der Waals surface area contributed by atoms with Crippen LogP contribution in [0.15, 0.2) is 42.6 Å². The van der Waals surface area contributed by atoms with Crippen LogP contribution in [0.3, 0.4) is 0 Å². The van der Waals surface area contributed by atoms with Crippen molar-refractivity contribution in [1.29, 1.82) is 0 Å². The van der Waals surface area contributed by atoms with E-state index in [9.17, 15) is 9.50 Å². The minimum absolute atomic E-state index is 0.145. The smallest absolute Gasteiger partial charge is 0.129 e. The zero-order valence-corrected chi connectivity index (χ0v) is 11.9. The van der Waals surface area contributed by atoms with Crippen molar-refractivity contribution in [3.8, 4) is 0 Å². The van der Waals surface area contributed by atoms with Crippen molar-refractivity contribution in [3.63, 3.8) is 0 Å². The second-order valence-electron chi connectivity index (χ2n) is 4.93. The molecule has 0 saturated heterocycles. The molecular formula is C16H19FN2O. The van der Waals surface area contributed by atoms with Gasteiger partial charge in [-0.1, -0.05) is 18.2 Å². The van der Waals surface area contributed by atoms with Crippen molar-refractivity contribution in [2.45, 2.75) is 26.0 Å². The molecule has 1 aromatic heterocycles. The lowest BCUT2D eigenvalue weighted by Crippen LogP contribution is -2.23. The number of hydrogen-bond acceptors (Lipinski definition) is 3. The number of pyridine rings is 1. The Balaban J connectivity index is 2.29. The Bertz CT molecular complexity index is 586. The third-order valence-electron chi connectivity index (χ3n) is 3.55. The van der Waals surface area contributed by atoms with E-state index >= 15 is 0 Å². The van der Waals surface area contributed by atoms with E-state index in [4.69, 9.17) is 0 Å². The van der Waals surface area contributed by atoms with Gasteiger partial charge >= 0.3 is 0 Å². The molecule has 0 aliphatic carbocycles. The number of aromatic nitrogens is 1. The van der Waals surface area contributed by atoms with Crippen LogP contribution in [0.5, 0.6) is 0 Å². The number of aliphatic hydroxyl groups excluding tert-OH is 1. The predicted molar refractivity (Wildman–Crippen MR) is 78.1 cm³/mol. The van der Waals surface area contributed by atoms with E-state index in [0.29, 0.717) is 11.4 Å². The molecule has 2 atom stereocenters. The summed E-state index contributed by atoms with van der Waals surface area (Å²) in [7, 11) is 1.87. The number of benzene rings is 1. The van der Waals surface area contributed by atoms with Gasteiger partial charge in [0.1, 0.15) is 11.6 Å². The second kappa shape index (κ2) is 6.01. The summed E-state index contributed by atoms with van der Waals surface area (Å²) in [5.74, 6) is 0.484. The van der Waals surface area contributed by atoms with Crippen LogP contribution in [0.4, 0.5) is 10.2 Å². The largest absolute Gasteiger partial charge is 0.389 e. The van der Waals surface area contributed by atoms with E-state index in [1.165, 1.54) is 6.07 Å². The minimum atomic E-state index is -0.547. The van der Waals surface area contributed by atoms with E-state index in [0.717, 1.165) is 5.56 Å². The molecule has 1 heterocycles. The summed E-state index contributed by atoms with van der Waals surface area (Å²) in [6, 6.07) is 10.2. The van der Waals surface area contributed by atoms with Crippen LogP contribution < -0.4 is 4.90 Å². The first-order valence-electron chi connectivity index (χ1n) is 6.62. The van der Waals surface area contributed by atoms with E-state index in [1.54, 1.807) is 31.3 Å². The summed E-state index contributed by atoms with van der Waals surface area (Å²) in [4.78, 5) is 6.18. The predicted octanol–water partition coefficient (Wildman–Crippen LogP) is 3.47. The van der Waals surface area contributed by atoms with Crippen molar-refractivity contribution in [2.75, 3.05) is 11.9 Å². The normalized spacial score (nSPS) is 13.8. The Morgan fingerprint density at radius 3 is 2.55 bits per heavy atom. The lowest BCUT2D eigenvalue weighted by molar-refractivity contribution is 0.199. The van der Waals surface area contributed by atoms with E-state index in [1.807, 2.05) is 31.0 Å². The number of hydrogen-bond donors (Lipinski definition) is 1. The molecule has 2 aromatic rings. The quantitative estimate of drug-likeness (QED) is 0.927. The van der Waals surface area contributed by atoms with Gasteiger partial charge in [-0.25, -0.2) is 9.37 Å². The van der Waals surface area contributed by atoms with Crippen LogP contribution in [0.2, 0.25) is 0 Å². The fourth-order valence-corrected chi connectivity index (χ4v) is 2.11. The maximum Gasteiger partial charge on any atom is 0.129 e. The molecule has 20 heavy (non-hydrogen) atoms. The first-order valence-corrected chi connectivity index (χ1v) is 6.62. The van der Waals surface area contributed by atoms with Gasteiger partial charge in [0, 0.05) is 18.8 Å². The minimum Gasteiger partial charge on any atom is -0.389 e. The maximum atomic E-state index is 13.8.